The number of nitrogens with one attached hydrogen (secondary N) is 1. The molecule has 1 aliphatic rings. The first kappa shape index (κ1) is 21.1. The van der Waals surface area contributed by atoms with Crippen LogP contribution in [0.25, 0.3) is 0 Å². The van der Waals surface area contributed by atoms with Crippen LogP contribution in [0.2, 0.25) is 0 Å². The zero-order valence-electron chi connectivity index (χ0n) is 16.0. The van der Waals surface area contributed by atoms with Gasteiger partial charge in [0.25, 0.3) is 10.0 Å². The van der Waals surface area contributed by atoms with E-state index in [4.69, 9.17) is 4.74 Å². The molecule has 0 spiro atoms. The largest absolute Gasteiger partial charge is 0.453 e. The van der Waals surface area contributed by atoms with E-state index < -0.39 is 10.0 Å². The van der Waals surface area contributed by atoms with Crippen LogP contribution in [-0.4, -0.2) is 63.5 Å². The second-order valence-electron chi connectivity index (χ2n) is 6.60. The number of methoxy groups -OCH3 is 1. The van der Waals surface area contributed by atoms with E-state index in [1.807, 2.05) is 0 Å². The molecule has 0 atom stereocenters. The molecule has 0 saturated carbocycles. The number of carbonyl (C=O) groups is 2. The van der Waals surface area contributed by atoms with E-state index in [0.29, 0.717) is 38.3 Å². The van der Waals surface area contributed by atoms with Crippen LogP contribution in [0.1, 0.15) is 12.0 Å². The summed E-state index contributed by atoms with van der Waals surface area (Å²) in [5.74, 6) is -0.0244. The number of hydrogen-bond donors (Lipinski definition) is 1. The van der Waals surface area contributed by atoms with Crippen molar-refractivity contribution in [2.24, 2.45) is 0 Å². The summed E-state index contributed by atoms with van der Waals surface area (Å²) in [5, 5.41) is 1.70. The summed E-state index contributed by atoms with van der Waals surface area (Å²) in [4.78, 5) is 27.6. The number of amides is 2. The third kappa shape index (κ3) is 5.48. The van der Waals surface area contributed by atoms with Gasteiger partial charge >= 0.3 is 6.09 Å². The molecule has 1 aromatic heterocycles. The molecular formula is C19H23N3O5S2. The second-order valence-corrected chi connectivity index (χ2v) is 9.46. The topological polar surface area (TPSA) is 96.0 Å². The van der Waals surface area contributed by atoms with Gasteiger partial charge in [0.05, 0.1) is 13.5 Å². The molecule has 1 aliphatic heterocycles. The van der Waals surface area contributed by atoms with E-state index in [0.717, 1.165) is 16.9 Å². The number of sulfonamides is 1. The van der Waals surface area contributed by atoms with E-state index in [1.165, 1.54) is 7.11 Å². The van der Waals surface area contributed by atoms with E-state index in [9.17, 15) is 18.0 Å². The molecule has 10 heteroatoms. The van der Waals surface area contributed by atoms with E-state index in [1.54, 1.807) is 51.6 Å². The molecule has 0 bridgehead atoms. The maximum atomic E-state index is 12.6. The molecule has 2 amide bonds. The van der Waals surface area contributed by atoms with Gasteiger partial charge in [0.15, 0.2) is 0 Å². The first-order valence-electron chi connectivity index (χ1n) is 9.15. The summed E-state index contributed by atoms with van der Waals surface area (Å²) in [6, 6.07) is 10.00. The van der Waals surface area contributed by atoms with Gasteiger partial charge in [-0.15, -0.1) is 11.3 Å². The smallest absolute Gasteiger partial charge is 0.409 e. The van der Waals surface area contributed by atoms with Gasteiger partial charge in [-0.05, 0) is 35.6 Å². The summed E-state index contributed by atoms with van der Waals surface area (Å²) in [6.45, 7) is 2.06. The summed E-state index contributed by atoms with van der Waals surface area (Å²) in [6.07, 6.45) is 0.542. The van der Waals surface area contributed by atoms with Crippen LogP contribution in [0, 0.1) is 0 Å². The highest BCUT2D eigenvalue weighted by Gasteiger charge is 2.22. The fourth-order valence-electron chi connectivity index (χ4n) is 3.08. The quantitative estimate of drug-likeness (QED) is 0.775. The lowest BCUT2D eigenvalue weighted by Gasteiger charge is -2.21. The Bertz CT molecular complexity index is 943. The molecule has 1 fully saturated rings. The van der Waals surface area contributed by atoms with Crippen molar-refractivity contribution in [2.45, 2.75) is 17.1 Å². The number of ether oxygens (including phenoxy) is 1. The summed E-state index contributed by atoms with van der Waals surface area (Å²) >= 11 is 1.15. The van der Waals surface area contributed by atoms with Crippen LogP contribution in [0.15, 0.2) is 46.0 Å². The van der Waals surface area contributed by atoms with Crippen molar-refractivity contribution >= 4 is 39.0 Å². The molecule has 156 valence electrons. The van der Waals surface area contributed by atoms with Crippen molar-refractivity contribution in [1.29, 1.82) is 0 Å². The minimum Gasteiger partial charge on any atom is -0.453 e. The Balaban J connectivity index is 1.57. The number of nitrogens with zero attached hydrogens (tertiary/aromatic N) is 2. The van der Waals surface area contributed by atoms with Crippen LogP contribution < -0.4 is 4.72 Å². The summed E-state index contributed by atoms with van der Waals surface area (Å²) in [5.41, 5.74) is 1.24. The minimum absolute atomic E-state index is 0.0244. The number of carbonyl (C=O) groups excluding carboxylic acids is 2. The third-order valence-electron chi connectivity index (χ3n) is 4.60. The first-order valence-corrected chi connectivity index (χ1v) is 11.5. The third-order valence-corrected chi connectivity index (χ3v) is 7.38. The number of rotatable bonds is 5. The van der Waals surface area contributed by atoms with Gasteiger partial charge in [-0.1, -0.05) is 18.2 Å². The normalized spacial score (nSPS) is 14.9. The van der Waals surface area contributed by atoms with Crippen molar-refractivity contribution < 1.29 is 22.7 Å². The Morgan fingerprint density at radius 1 is 1.07 bits per heavy atom. The molecule has 2 aromatic rings. The van der Waals surface area contributed by atoms with Gasteiger partial charge < -0.3 is 14.5 Å². The van der Waals surface area contributed by atoms with Crippen molar-refractivity contribution in [3.05, 3.63) is 47.3 Å². The molecular weight excluding hydrogens is 414 g/mol. The van der Waals surface area contributed by atoms with Gasteiger partial charge in [-0.3, -0.25) is 9.52 Å². The Labute approximate surface area is 174 Å². The average Bonchev–Trinajstić information content (AvgIpc) is 3.15. The van der Waals surface area contributed by atoms with Crippen molar-refractivity contribution in [2.75, 3.05) is 38.0 Å². The zero-order valence-corrected chi connectivity index (χ0v) is 17.7. The SMILES string of the molecule is COC(=O)N1CCCN(C(=O)Cc2ccc(NS(=O)(=O)c3cccs3)cc2)CC1. The predicted molar refractivity (Wildman–Crippen MR) is 110 cm³/mol. The van der Waals surface area contributed by atoms with Crippen LogP contribution in [0.3, 0.4) is 0 Å². The lowest BCUT2D eigenvalue weighted by molar-refractivity contribution is -0.130. The Morgan fingerprint density at radius 3 is 2.41 bits per heavy atom. The highest BCUT2D eigenvalue weighted by molar-refractivity contribution is 7.94. The lowest BCUT2D eigenvalue weighted by Crippen LogP contribution is -2.37. The first-order chi connectivity index (χ1) is 13.9. The highest BCUT2D eigenvalue weighted by atomic mass is 32.2. The van der Waals surface area contributed by atoms with Gasteiger partial charge in [0, 0.05) is 31.9 Å². The fraction of sp³-hybridized carbons (Fsp3) is 0.368. The minimum atomic E-state index is -3.59. The number of hydrogen-bond acceptors (Lipinski definition) is 6. The van der Waals surface area contributed by atoms with Gasteiger partial charge in [0.2, 0.25) is 5.91 Å². The Hall–Kier alpha value is -2.59. The van der Waals surface area contributed by atoms with Crippen LogP contribution in [0.5, 0.6) is 0 Å². The monoisotopic (exact) mass is 437 g/mol. The van der Waals surface area contributed by atoms with Crippen molar-refractivity contribution in [3.63, 3.8) is 0 Å². The zero-order chi connectivity index (χ0) is 20.9. The van der Waals surface area contributed by atoms with Crippen LogP contribution in [-0.2, 0) is 26.0 Å². The van der Waals surface area contributed by atoms with E-state index >= 15 is 0 Å². The molecule has 0 unspecified atom stereocenters. The predicted octanol–water partition coefficient (Wildman–Crippen LogP) is 2.39. The summed E-state index contributed by atoms with van der Waals surface area (Å²) < 4.78 is 32.0. The Kier molecular flexibility index (Phi) is 6.75. The molecule has 8 nitrogen and oxygen atoms in total. The fourth-order valence-corrected chi connectivity index (χ4v) is 5.13. The molecule has 1 N–H and O–H groups in total. The van der Waals surface area contributed by atoms with Gasteiger partial charge in [-0.25, -0.2) is 13.2 Å². The second kappa shape index (κ2) is 9.27. The molecule has 1 saturated heterocycles. The summed E-state index contributed by atoms with van der Waals surface area (Å²) in [7, 11) is -2.24. The van der Waals surface area contributed by atoms with Crippen molar-refractivity contribution in [1.82, 2.24) is 9.80 Å². The molecule has 0 radical (unpaired) electrons. The maximum absolute atomic E-state index is 12.6. The van der Waals surface area contributed by atoms with E-state index in [2.05, 4.69) is 4.72 Å². The lowest BCUT2D eigenvalue weighted by atomic mass is 10.1. The average molecular weight is 438 g/mol. The molecule has 29 heavy (non-hydrogen) atoms. The Morgan fingerprint density at radius 2 is 1.76 bits per heavy atom. The standard InChI is InChI=1S/C19H23N3O5S2/c1-27-19(24)22-10-3-9-21(11-12-22)17(23)14-15-5-7-16(8-6-15)20-29(25,26)18-4-2-13-28-18/h2,4-8,13,20H,3,9-12,14H2,1H3. The van der Waals surface area contributed by atoms with Crippen molar-refractivity contribution in [3.8, 4) is 0 Å². The highest BCUT2D eigenvalue weighted by Crippen LogP contribution is 2.20. The van der Waals surface area contributed by atoms with E-state index in [-0.39, 0.29) is 22.6 Å². The number of anilines is 1. The molecule has 3 rings (SSSR count). The molecule has 0 aliphatic carbocycles. The van der Waals surface area contributed by atoms with Gasteiger partial charge in [-0.2, -0.15) is 0 Å². The number of thiophene rings is 1. The van der Waals surface area contributed by atoms with Crippen LogP contribution in [0.4, 0.5) is 10.5 Å². The molecule has 1 aromatic carbocycles. The van der Waals surface area contributed by atoms with Crippen LogP contribution >= 0.6 is 11.3 Å². The molecule has 2 heterocycles. The maximum Gasteiger partial charge on any atom is 0.409 e. The number of benzene rings is 1. The van der Waals surface area contributed by atoms with Gasteiger partial charge in [0.1, 0.15) is 4.21 Å².